The van der Waals surface area contributed by atoms with Crippen LogP contribution in [-0.4, -0.2) is 33.3 Å². The first-order valence-electron chi connectivity index (χ1n) is 7.43. The summed E-state index contributed by atoms with van der Waals surface area (Å²) in [6, 6.07) is 3.88. The average Bonchev–Trinajstić information content (AvgIpc) is 3.03. The molecule has 0 aliphatic rings. The van der Waals surface area contributed by atoms with E-state index in [2.05, 4.69) is 27.8 Å². The van der Waals surface area contributed by atoms with Gasteiger partial charge in [-0.15, -0.1) is 10.2 Å². The number of aromatic nitrogens is 2. The molecule has 11 heteroatoms. The van der Waals surface area contributed by atoms with Crippen LogP contribution in [0.3, 0.4) is 0 Å². The van der Waals surface area contributed by atoms with Gasteiger partial charge in [0.15, 0.2) is 4.34 Å². The first kappa shape index (κ1) is 19.4. The number of nitrogens with one attached hydrogen (secondary N) is 2. The SMILES string of the molecule is CCCCNc1nnc(SCC(=O)Nc2cc([N+](=O)[O-])ccc2Cl)s1. The Morgan fingerprint density at radius 3 is 2.96 bits per heavy atom. The molecule has 0 saturated heterocycles. The standard InChI is InChI=1S/C14H16ClN5O3S2/c1-2-3-6-16-13-18-19-14(25-13)24-8-12(21)17-11-7-9(20(22)23)4-5-10(11)15/h4-5,7H,2-3,6,8H2,1H3,(H,16,18)(H,17,21). The molecule has 0 aliphatic carbocycles. The van der Waals surface area contributed by atoms with Crippen LogP contribution in [0.2, 0.25) is 5.02 Å². The molecule has 1 heterocycles. The van der Waals surface area contributed by atoms with Crippen LogP contribution in [0.1, 0.15) is 19.8 Å². The molecule has 1 aromatic heterocycles. The van der Waals surface area contributed by atoms with Crippen LogP contribution in [0.4, 0.5) is 16.5 Å². The fraction of sp³-hybridized carbons (Fsp3) is 0.357. The summed E-state index contributed by atoms with van der Waals surface area (Å²) in [5, 5.41) is 25.5. The van der Waals surface area contributed by atoms with Gasteiger partial charge in [-0.1, -0.05) is 48.0 Å². The fourth-order valence-corrected chi connectivity index (χ4v) is 3.49. The molecular weight excluding hydrogens is 386 g/mol. The number of amides is 1. The van der Waals surface area contributed by atoms with Gasteiger partial charge in [0.1, 0.15) is 0 Å². The van der Waals surface area contributed by atoms with Gasteiger partial charge in [-0.05, 0) is 12.5 Å². The molecule has 8 nitrogen and oxygen atoms in total. The van der Waals surface area contributed by atoms with Crippen molar-refractivity contribution >= 4 is 57.1 Å². The minimum absolute atomic E-state index is 0.0998. The number of halogens is 1. The monoisotopic (exact) mass is 401 g/mol. The number of rotatable bonds is 9. The molecule has 0 bridgehead atoms. The summed E-state index contributed by atoms with van der Waals surface area (Å²) in [7, 11) is 0. The Morgan fingerprint density at radius 2 is 2.24 bits per heavy atom. The first-order chi connectivity index (χ1) is 12.0. The van der Waals surface area contributed by atoms with Gasteiger partial charge in [-0.25, -0.2) is 0 Å². The van der Waals surface area contributed by atoms with Crippen molar-refractivity contribution in [3.63, 3.8) is 0 Å². The van der Waals surface area contributed by atoms with Crippen LogP contribution < -0.4 is 10.6 Å². The van der Waals surface area contributed by atoms with Crippen molar-refractivity contribution in [3.05, 3.63) is 33.3 Å². The van der Waals surface area contributed by atoms with Crippen molar-refractivity contribution in [2.24, 2.45) is 0 Å². The molecule has 2 aromatic rings. The lowest BCUT2D eigenvalue weighted by atomic mass is 10.3. The van der Waals surface area contributed by atoms with E-state index in [9.17, 15) is 14.9 Å². The summed E-state index contributed by atoms with van der Waals surface area (Å²) < 4.78 is 0.666. The molecule has 25 heavy (non-hydrogen) atoms. The molecule has 2 N–H and O–H groups in total. The Kier molecular flexibility index (Phi) is 7.41. The second-order valence-corrected chi connectivity index (χ2v) is 7.52. The number of carbonyl (C=O) groups excluding carboxylic acids is 1. The van der Waals surface area contributed by atoms with Crippen molar-refractivity contribution in [1.29, 1.82) is 0 Å². The van der Waals surface area contributed by atoms with Gasteiger partial charge >= 0.3 is 0 Å². The lowest BCUT2D eigenvalue weighted by Crippen LogP contribution is -2.14. The van der Waals surface area contributed by atoms with Gasteiger partial charge < -0.3 is 10.6 Å². The number of carbonyl (C=O) groups is 1. The van der Waals surface area contributed by atoms with Crippen molar-refractivity contribution in [1.82, 2.24) is 10.2 Å². The molecule has 0 aliphatic heterocycles. The topological polar surface area (TPSA) is 110 Å². The van der Waals surface area contributed by atoms with E-state index in [0.717, 1.165) is 24.5 Å². The number of thioether (sulfide) groups is 1. The Morgan fingerprint density at radius 1 is 1.44 bits per heavy atom. The fourth-order valence-electron chi connectivity index (χ4n) is 1.75. The van der Waals surface area contributed by atoms with E-state index in [-0.39, 0.29) is 28.1 Å². The number of benzene rings is 1. The van der Waals surface area contributed by atoms with Crippen molar-refractivity contribution in [2.75, 3.05) is 22.9 Å². The Labute approximate surface area is 157 Å². The van der Waals surface area contributed by atoms with Crippen molar-refractivity contribution in [2.45, 2.75) is 24.1 Å². The van der Waals surface area contributed by atoms with Crippen molar-refractivity contribution in [3.8, 4) is 0 Å². The summed E-state index contributed by atoms with van der Waals surface area (Å²) >= 11 is 8.57. The second-order valence-electron chi connectivity index (χ2n) is 4.91. The molecule has 0 fully saturated rings. The van der Waals surface area contributed by atoms with E-state index in [1.807, 2.05) is 0 Å². The first-order valence-corrected chi connectivity index (χ1v) is 9.61. The van der Waals surface area contributed by atoms with E-state index in [1.54, 1.807) is 0 Å². The molecule has 0 saturated carbocycles. The van der Waals surface area contributed by atoms with Crippen LogP contribution >= 0.6 is 34.7 Å². The number of hydrogen-bond acceptors (Lipinski definition) is 8. The molecule has 134 valence electrons. The van der Waals surface area contributed by atoms with E-state index in [4.69, 9.17) is 11.6 Å². The lowest BCUT2D eigenvalue weighted by molar-refractivity contribution is -0.384. The molecule has 2 rings (SSSR count). The Balaban J connectivity index is 1.87. The van der Waals surface area contributed by atoms with Crippen molar-refractivity contribution < 1.29 is 9.72 Å². The third-order valence-electron chi connectivity index (χ3n) is 2.97. The number of non-ortho nitro benzene ring substituents is 1. The largest absolute Gasteiger partial charge is 0.360 e. The number of anilines is 2. The average molecular weight is 402 g/mol. The Hall–Kier alpha value is -1.91. The number of nitro groups is 1. The summed E-state index contributed by atoms with van der Waals surface area (Å²) in [5.74, 6) is -0.231. The molecule has 1 amide bonds. The third-order valence-corrected chi connectivity index (χ3v) is 5.32. The van der Waals surface area contributed by atoms with Crippen LogP contribution in [0.25, 0.3) is 0 Å². The van der Waals surface area contributed by atoms with Gasteiger partial charge in [0.25, 0.3) is 5.69 Å². The molecule has 0 atom stereocenters. The summed E-state index contributed by atoms with van der Waals surface area (Å²) in [6.45, 7) is 2.94. The highest BCUT2D eigenvalue weighted by atomic mass is 35.5. The van der Waals surface area contributed by atoms with Gasteiger partial charge in [0, 0.05) is 18.7 Å². The minimum Gasteiger partial charge on any atom is -0.360 e. The van der Waals surface area contributed by atoms with Crippen LogP contribution in [0.15, 0.2) is 22.5 Å². The van der Waals surface area contributed by atoms with E-state index < -0.39 is 4.92 Å². The highest BCUT2D eigenvalue weighted by Gasteiger charge is 2.13. The normalized spacial score (nSPS) is 10.5. The zero-order valence-corrected chi connectivity index (χ0v) is 15.7. The summed E-state index contributed by atoms with van der Waals surface area (Å²) in [4.78, 5) is 22.3. The number of nitro benzene ring substituents is 1. The maximum absolute atomic E-state index is 12.0. The molecule has 0 radical (unpaired) electrons. The highest BCUT2D eigenvalue weighted by molar-refractivity contribution is 8.01. The predicted octanol–water partition coefficient (Wildman–Crippen LogP) is 4.04. The Bertz CT molecular complexity index is 756. The maximum Gasteiger partial charge on any atom is 0.271 e. The van der Waals surface area contributed by atoms with Gasteiger partial charge in [-0.3, -0.25) is 14.9 Å². The molecule has 1 aromatic carbocycles. The third kappa shape index (κ3) is 6.15. The van der Waals surface area contributed by atoms with Crippen LogP contribution in [-0.2, 0) is 4.79 Å². The van der Waals surface area contributed by atoms with E-state index in [0.29, 0.717) is 4.34 Å². The maximum atomic E-state index is 12.0. The summed E-state index contributed by atoms with van der Waals surface area (Å²) in [5.41, 5.74) is 0.0694. The lowest BCUT2D eigenvalue weighted by Gasteiger charge is -2.06. The van der Waals surface area contributed by atoms with Gasteiger partial charge in [0.05, 0.1) is 21.4 Å². The number of hydrogen-bond donors (Lipinski definition) is 2. The molecule has 0 spiro atoms. The van der Waals surface area contributed by atoms with E-state index in [1.165, 1.54) is 41.3 Å². The zero-order valence-electron chi connectivity index (χ0n) is 13.3. The van der Waals surface area contributed by atoms with Crippen LogP contribution in [0.5, 0.6) is 0 Å². The van der Waals surface area contributed by atoms with E-state index >= 15 is 0 Å². The minimum atomic E-state index is -0.547. The number of nitrogens with zero attached hydrogens (tertiary/aromatic N) is 3. The quantitative estimate of drug-likeness (QED) is 0.282. The highest BCUT2D eigenvalue weighted by Crippen LogP contribution is 2.28. The smallest absolute Gasteiger partial charge is 0.271 e. The van der Waals surface area contributed by atoms with Gasteiger partial charge in [-0.2, -0.15) is 0 Å². The molecular formula is C14H16ClN5O3S2. The zero-order chi connectivity index (χ0) is 18.2. The van der Waals surface area contributed by atoms with Gasteiger partial charge in [0.2, 0.25) is 11.0 Å². The molecule has 0 unspecified atom stereocenters. The number of unbranched alkanes of at least 4 members (excludes halogenated alkanes) is 1. The summed E-state index contributed by atoms with van der Waals surface area (Å²) in [6.07, 6.45) is 2.14. The predicted molar refractivity (Wildman–Crippen MR) is 101 cm³/mol. The van der Waals surface area contributed by atoms with Crippen LogP contribution in [0, 0.1) is 10.1 Å². The second kappa shape index (κ2) is 9.54.